The maximum atomic E-state index is 12.5. The lowest BCUT2D eigenvalue weighted by Crippen LogP contribution is -2.13. The van der Waals surface area contributed by atoms with E-state index in [2.05, 4.69) is 21.2 Å². The third-order valence-corrected chi connectivity index (χ3v) is 4.22. The van der Waals surface area contributed by atoms with E-state index in [1.807, 2.05) is 12.1 Å². The Morgan fingerprint density at radius 2 is 1.71 bits per heavy atom. The number of anilines is 1. The average Bonchev–Trinajstić information content (AvgIpc) is 2.58. The fourth-order valence-electron chi connectivity index (χ4n) is 2.42. The zero-order valence-electron chi connectivity index (χ0n) is 12.2. The number of nitro benzene ring substituents is 1. The highest BCUT2D eigenvalue weighted by Gasteiger charge is 2.20. The number of para-hydroxylation sites is 2. The number of fused-ring (bicyclic) bond motifs is 1. The van der Waals surface area contributed by atoms with Crippen LogP contribution in [0.15, 0.2) is 59.1 Å². The lowest BCUT2D eigenvalue weighted by atomic mass is 10.0. The van der Waals surface area contributed by atoms with Crippen LogP contribution in [0, 0.1) is 10.1 Å². The molecule has 24 heavy (non-hydrogen) atoms. The van der Waals surface area contributed by atoms with Crippen molar-refractivity contribution in [2.75, 3.05) is 5.32 Å². The summed E-state index contributed by atoms with van der Waals surface area (Å²) in [5.41, 5.74) is -0.125. The number of amides is 1. The van der Waals surface area contributed by atoms with Crippen molar-refractivity contribution < 1.29 is 14.8 Å². The van der Waals surface area contributed by atoms with Crippen LogP contribution >= 0.6 is 15.9 Å². The number of phenolic OH excluding ortho intramolecular Hbond substituents is 1. The van der Waals surface area contributed by atoms with Gasteiger partial charge in [-0.15, -0.1) is 0 Å². The van der Waals surface area contributed by atoms with Crippen molar-refractivity contribution in [2.24, 2.45) is 0 Å². The Morgan fingerprint density at radius 3 is 2.42 bits per heavy atom. The molecule has 0 aromatic heterocycles. The number of phenols is 1. The maximum Gasteiger partial charge on any atom is 0.292 e. The molecule has 120 valence electrons. The Morgan fingerprint density at radius 1 is 1.08 bits per heavy atom. The molecule has 0 saturated carbocycles. The van der Waals surface area contributed by atoms with Gasteiger partial charge in [0.2, 0.25) is 0 Å². The number of rotatable bonds is 3. The summed E-state index contributed by atoms with van der Waals surface area (Å²) >= 11 is 3.37. The quantitative estimate of drug-likeness (QED) is 0.512. The van der Waals surface area contributed by atoms with Crippen LogP contribution in [-0.2, 0) is 0 Å². The third kappa shape index (κ3) is 2.81. The highest BCUT2D eigenvalue weighted by Crippen LogP contribution is 2.35. The normalized spacial score (nSPS) is 10.5. The predicted molar refractivity (Wildman–Crippen MR) is 94.4 cm³/mol. The van der Waals surface area contributed by atoms with Crippen molar-refractivity contribution in [1.29, 1.82) is 0 Å². The molecule has 3 aromatic carbocycles. The number of nitrogens with zero attached hydrogens (tertiary/aromatic N) is 1. The molecule has 0 bridgehead atoms. The summed E-state index contributed by atoms with van der Waals surface area (Å²) in [6.45, 7) is 0. The molecule has 0 saturated heterocycles. The zero-order valence-corrected chi connectivity index (χ0v) is 13.8. The Balaban J connectivity index is 2.04. The molecular weight excluding hydrogens is 376 g/mol. The zero-order chi connectivity index (χ0) is 17.3. The SMILES string of the molecule is O=C(Nc1ccccc1[N+](=O)[O-])c1cc(Br)c2ccccc2c1O. The van der Waals surface area contributed by atoms with Crippen molar-refractivity contribution in [2.45, 2.75) is 0 Å². The Labute approximate surface area is 145 Å². The van der Waals surface area contributed by atoms with Gasteiger partial charge in [0.25, 0.3) is 11.6 Å². The number of benzene rings is 3. The fraction of sp³-hybridized carbons (Fsp3) is 0. The van der Waals surface area contributed by atoms with Gasteiger partial charge in [0, 0.05) is 15.9 Å². The fourth-order valence-corrected chi connectivity index (χ4v) is 2.99. The van der Waals surface area contributed by atoms with Crippen LogP contribution in [0.3, 0.4) is 0 Å². The molecule has 3 rings (SSSR count). The van der Waals surface area contributed by atoms with Gasteiger partial charge >= 0.3 is 0 Å². The summed E-state index contributed by atoms with van der Waals surface area (Å²) in [5.74, 6) is -0.807. The monoisotopic (exact) mass is 386 g/mol. The summed E-state index contributed by atoms with van der Waals surface area (Å²) < 4.78 is 0.642. The molecule has 0 radical (unpaired) electrons. The number of nitrogens with one attached hydrogen (secondary N) is 1. The smallest absolute Gasteiger partial charge is 0.292 e. The van der Waals surface area contributed by atoms with Gasteiger partial charge in [0.1, 0.15) is 11.4 Å². The van der Waals surface area contributed by atoms with Gasteiger partial charge in [-0.05, 0) is 17.5 Å². The van der Waals surface area contributed by atoms with Crippen LogP contribution in [0.1, 0.15) is 10.4 Å². The first-order chi connectivity index (χ1) is 11.5. The summed E-state index contributed by atoms with van der Waals surface area (Å²) in [6.07, 6.45) is 0. The lowest BCUT2D eigenvalue weighted by molar-refractivity contribution is -0.383. The molecule has 6 nitrogen and oxygen atoms in total. The van der Waals surface area contributed by atoms with Gasteiger partial charge in [-0.25, -0.2) is 0 Å². The lowest BCUT2D eigenvalue weighted by Gasteiger charge is -2.11. The highest BCUT2D eigenvalue weighted by atomic mass is 79.9. The number of hydrogen-bond acceptors (Lipinski definition) is 4. The van der Waals surface area contributed by atoms with E-state index in [0.29, 0.717) is 9.86 Å². The van der Waals surface area contributed by atoms with Crippen molar-refractivity contribution >= 4 is 44.0 Å². The number of hydrogen-bond donors (Lipinski definition) is 2. The van der Waals surface area contributed by atoms with Gasteiger partial charge in [-0.2, -0.15) is 0 Å². The minimum atomic E-state index is -0.631. The Kier molecular flexibility index (Phi) is 4.18. The molecule has 0 aliphatic heterocycles. The van der Waals surface area contributed by atoms with Crippen molar-refractivity contribution in [3.8, 4) is 5.75 Å². The van der Waals surface area contributed by atoms with E-state index in [1.165, 1.54) is 24.3 Å². The number of carbonyl (C=O) groups excluding carboxylic acids is 1. The third-order valence-electron chi connectivity index (χ3n) is 3.56. The van der Waals surface area contributed by atoms with E-state index in [4.69, 9.17) is 0 Å². The molecule has 1 amide bonds. The van der Waals surface area contributed by atoms with E-state index in [9.17, 15) is 20.0 Å². The summed E-state index contributed by atoms with van der Waals surface area (Å²) in [7, 11) is 0. The molecule has 0 aliphatic rings. The van der Waals surface area contributed by atoms with Crippen LogP contribution in [0.2, 0.25) is 0 Å². The standard InChI is InChI=1S/C17H11BrN2O4/c18-13-9-12(16(21)11-6-2-1-5-10(11)13)17(22)19-14-7-3-4-8-15(14)20(23)24/h1-9,21H,(H,19,22). The molecule has 0 unspecified atom stereocenters. The highest BCUT2D eigenvalue weighted by molar-refractivity contribution is 9.10. The molecule has 0 aliphatic carbocycles. The van der Waals surface area contributed by atoms with Crippen LogP contribution in [0.5, 0.6) is 5.75 Å². The van der Waals surface area contributed by atoms with E-state index >= 15 is 0 Å². The summed E-state index contributed by atoms with van der Waals surface area (Å²) in [4.78, 5) is 22.9. The van der Waals surface area contributed by atoms with Crippen molar-refractivity contribution in [1.82, 2.24) is 0 Å². The average molecular weight is 387 g/mol. The van der Waals surface area contributed by atoms with Gasteiger partial charge in [-0.3, -0.25) is 14.9 Å². The van der Waals surface area contributed by atoms with E-state index in [0.717, 1.165) is 5.39 Å². The molecule has 0 atom stereocenters. The van der Waals surface area contributed by atoms with Crippen LogP contribution in [-0.4, -0.2) is 15.9 Å². The minimum Gasteiger partial charge on any atom is -0.506 e. The Hall–Kier alpha value is -2.93. The van der Waals surface area contributed by atoms with E-state index in [1.54, 1.807) is 18.2 Å². The largest absolute Gasteiger partial charge is 0.506 e. The molecule has 3 aromatic rings. The number of nitro groups is 1. The summed E-state index contributed by atoms with van der Waals surface area (Å²) in [6, 6.07) is 14.4. The molecule has 7 heteroatoms. The number of halogens is 1. The van der Waals surface area contributed by atoms with E-state index < -0.39 is 10.8 Å². The van der Waals surface area contributed by atoms with Gasteiger partial charge in [0.05, 0.1) is 10.5 Å². The second-order valence-electron chi connectivity index (χ2n) is 5.03. The second kappa shape index (κ2) is 6.29. The first-order valence-electron chi connectivity index (χ1n) is 6.94. The van der Waals surface area contributed by atoms with Crippen LogP contribution in [0.4, 0.5) is 11.4 Å². The van der Waals surface area contributed by atoms with Crippen molar-refractivity contribution in [3.63, 3.8) is 0 Å². The first-order valence-corrected chi connectivity index (χ1v) is 7.73. The number of aromatic hydroxyl groups is 1. The molecular formula is C17H11BrN2O4. The van der Waals surface area contributed by atoms with Crippen LogP contribution in [0.25, 0.3) is 10.8 Å². The predicted octanol–water partition coefficient (Wildman–Crippen LogP) is 4.47. The first kappa shape index (κ1) is 15.9. The van der Waals surface area contributed by atoms with Crippen LogP contribution < -0.4 is 5.32 Å². The van der Waals surface area contributed by atoms with Gasteiger partial charge in [-0.1, -0.05) is 52.3 Å². The minimum absolute atomic E-state index is 0.0266. The van der Waals surface area contributed by atoms with Gasteiger partial charge < -0.3 is 10.4 Å². The Bertz CT molecular complexity index is 972. The molecule has 0 fully saturated rings. The molecule has 2 N–H and O–H groups in total. The molecule has 0 spiro atoms. The van der Waals surface area contributed by atoms with Gasteiger partial charge in [0.15, 0.2) is 0 Å². The maximum absolute atomic E-state index is 12.5. The topological polar surface area (TPSA) is 92.5 Å². The second-order valence-corrected chi connectivity index (χ2v) is 5.88. The molecule has 0 heterocycles. The number of carbonyl (C=O) groups is 1. The van der Waals surface area contributed by atoms with Crippen molar-refractivity contribution in [3.05, 3.63) is 74.7 Å². The van der Waals surface area contributed by atoms with E-state index in [-0.39, 0.29) is 22.7 Å². The summed E-state index contributed by atoms with van der Waals surface area (Å²) in [5, 5.41) is 25.2.